The van der Waals surface area contributed by atoms with Gasteiger partial charge in [0.15, 0.2) is 0 Å². The fourth-order valence-corrected chi connectivity index (χ4v) is 2.96. The number of ether oxygens (including phenoxy) is 1. The summed E-state index contributed by atoms with van der Waals surface area (Å²) < 4.78 is 6.11. The molecule has 0 aliphatic heterocycles. The third-order valence-corrected chi connectivity index (χ3v) is 4.44. The van der Waals surface area contributed by atoms with Crippen LogP contribution in [0, 0.1) is 0 Å². The van der Waals surface area contributed by atoms with Crippen LogP contribution in [0.1, 0.15) is 11.1 Å². The van der Waals surface area contributed by atoms with E-state index < -0.39 is 0 Å². The number of hydrogen-bond donors (Lipinski definition) is 0. The fourth-order valence-electron chi connectivity index (χ4n) is 2.96. The highest BCUT2D eigenvalue weighted by molar-refractivity contribution is 5.96. The largest absolute Gasteiger partial charge is 0.472 e. The van der Waals surface area contributed by atoms with Crippen molar-refractivity contribution in [3.8, 4) is 11.1 Å². The molecule has 136 valence electrons. The molecule has 0 aliphatic carbocycles. The molecule has 0 amide bonds. The maximum atomic E-state index is 6.11. The Balaban J connectivity index is 1.62. The van der Waals surface area contributed by atoms with Crippen molar-refractivity contribution in [2.75, 3.05) is 0 Å². The standard InChI is InChI=1S/C26H21NO/c1-4-10-21(11-5-1)20-28-26(27-25-14-8-3-9-15-25)24-18-16-23(17-19-24)22-12-6-2-7-13-22/h1-19H,20H2. The molecule has 0 aliphatic rings. The summed E-state index contributed by atoms with van der Waals surface area (Å²) in [5, 5.41) is 0. The Morgan fingerprint density at radius 1 is 0.571 bits per heavy atom. The molecule has 0 fully saturated rings. The van der Waals surface area contributed by atoms with Crippen LogP contribution in [0.4, 0.5) is 5.69 Å². The molecule has 4 aromatic rings. The van der Waals surface area contributed by atoms with Crippen LogP contribution in [0.2, 0.25) is 0 Å². The third kappa shape index (κ3) is 4.54. The molecule has 0 radical (unpaired) electrons. The van der Waals surface area contributed by atoms with Crippen molar-refractivity contribution in [2.45, 2.75) is 6.61 Å². The highest BCUT2D eigenvalue weighted by Crippen LogP contribution is 2.21. The molecule has 0 saturated carbocycles. The van der Waals surface area contributed by atoms with Gasteiger partial charge in [0.25, 0.3) is 0 Å². The smallest absolute Gasteiger partial charge is 0.221 e. The maximum absolute atomic E-state index is 6.11. The van der Waals surface area contributed by atoms with E-state index in [-0.39, 0.29) is 0 Å². The van der Waals surface area contributed by atoms with Crippen LogP contribution in [-0.2, 0) is 11.3 Å². The normalized spacial score (nSPS) is 11.2. The van der Waals surface area contributed by atoms with E-state index in [1.807, 2.05) is 54.6 Å². The molecular weight excluding hydrogens is 342 g/mol. The highest BCUT2D eigenvalue weighted by atomic mass is 16.5. The molecule has 4 rings (SSSR count). The molecule has 0 atom stereocenters. The Hall–Kier alpha value is -3.65. The molecule has 0 heterocycles. The van der Waals surface area contributed by atoms with Gasteiger partial charge in [0.05, 0.1) is 5.69 Å². The molecule has 0 spiro atoms. The van der Waals surface area contributed by atoms with Gasteiger partial charge in [-0.15, -0.1) is 0 Å². The van der Waals surface area contributed by atoms with Gasteiger partial charge in [-0.25, -0.2) is 4.99 Å². The molecule has 0 saturated heterocycles. The van der Waals surface area contributed by atoms with Crippen molar-refractivity contribution in [3.63, 3.8) is 0 Å². The summed E-state index contributed by atoms with van der Waals surface area (Å²) in [6, 6.07) is 38.7. The van der Waals surface area contributed by atoms with Gasteiger partial charge in [-0.3, -0.25) is 0 Å². The Morgan fingerprint density at radius 2 is 1.11 bits per heavy atom. The maximum Gasteiger partial charge on any atom is 0.221 e. The van der Waals surface area contributed by atoms with Gasteiger partial charge < -0.3 is 4.74 Å². The van der Waals surface area contributed by atoms with Gasteiger partial charge in [-0.2, -0.15) is 0 Å². The van der Waals surface area contributed by atoms with E-state index in [0.29, 0.717) is 12.5 Å². The topological polar surface area (TPSA) is 21.6 Å². The van der Waals surface area contributed by atoms with E-state index in [1.54, 1.807) is 0 Å². The SMILES string of the molecule is c1ccc(COC(=Nc2ccccc2)c2ccc(-c3ccccc3)cc2)cc1. The van der Waals surface area contributed by atoms with Gasteiger partial charge >= 0.3 is 0 Å². The van der Waals surface area contributed by atoms with E-state index in [1.165, 1.54) is 11.1 Å². The molecule has 0 bridgehead atoms. The lowest BCUT2D eigenvalue weighted by Crippen LogP contribution is -2.07. The number of nitrogens with zero attached hydrogens (tertiary/aromatic N) is 1. The summed E-state index contributed by atoms with van der Waals surface area (Å²) in [6.07, 6.45) is 0. The van der Waals surface area contributed by atoms with Crippen LogP contribution in [0.5, 0.6) is 0 Å². The lowest BCUT2D eigenvalue weighted by molar-refractivity contribution is 0.294. The minimum absolute atomic E-state index is 0.479. The van der Waals surface area contributed by atoms with Gasteiger partial charge in [-0.05, 0) is 41.0 Å². The average Bonchev–Trinajstić information content (AvgIpc) is 2.79. The number of rotatable bonds is 5. The van der Waals surface area contributed by atoms with Crippen molar-refractivity contribution in [2.24, 2.45) is 4.99 Å². The number of hydrogen-bond acceptors (Lipinski definition) is 2. The van der Waals surface area contributed by atoms with Gasteiger partial charge in [0.1, 0.15) is 6.61 Å². The van der Waals surface area contributed by atoms with Crippen LogP contribution in [-0.4, -0.2) is 5.90 Å². The van der Waals surface area contributed by atoms with Gasteiger partial charge in [-0.1, -0.05) is 91.0 Å². The second kappa shape index (κ2) is 8.83. The van der Waals surface area contributed by atoms with Crippen LogP contribution in [0.3, 0.4) is 0 Å². The molecule has 4 aromatic carbocycles. The number of para-hydroxylation sites is 1. The van der Waals surface area contributed by atoms with E-state index in [2.05, 4.69) is 60.7 Å². The van der Waals surface area contributed by atoms with Gasteiger partial charge in [0, 0.05) is 5.56 Å². The van der Waals surface area contributed by atoms with Crippen LogP contribution in [0.15, 0.2) is 120 Å². The molecule has 0 aromatic heterocycles. The second-order valence-electron chi connectivity index (χ2n) is 6.47. The van der Waals surface area contributed by atoms with Crippen molar-refractivity contribution in [3.05, 3.63) is 126 Å². The zero-order chi connectivity index (χ0) is 19.0. The van der Waals surface area contributed by atoms with Gasteiger partial charge in [0.2, 0.25) is 5.90 Å². The van der Waals surface area contributed by atoms with Crippen molar-refractivity contribution >= 4 is 11.6 Å². The number of benzene rings is 4. The predicted molar refractivity (Wildman–Crippen MR) is 116 cm³/mol. The summed E-state index contributed by atoms with van der Waals surface area (Å²) in [5.41, 5.74) is 5.31. The summed E-state index contributed by atoms with van der Waals surface area (Å²) in [7, 11) is 0. The van der Waals surface area contributed by atoms with E-state index in [9.17, 15) is 0 Å². The summed E-state index contributed by atoms with van der Waals surface area (Å²) >= 11 is 0. The van der Waals surface area contributed by atoms with Crippen LogP contribution in [0.25, 0.3) is 11.1 Å². The predicted octanol–water partition coefficient (Wildman–Crippen LogP) is 6.65. The quantitative estimate of drug-likeness (QED) is 0.287. The Bertz CT molecular complexity index is 1020. The molecule has 28 heavy (non-hydrogen) atoms. The summed E-state index contributed by atoms with van der Waals surface area (Å²) in [6.45, 7) is 0.479. The minimum Gasteiger partial charge on any atom is -0.472 e. The first-order valence-corrected chi connectivity index (χ1v) is 9.35. The first-order valence-electron chi connectivity index (χ1n) is 9.35. The molecule has 2 nitrogen and oxygen atoms in total. The van der Waals surface area contributed by atoms with Crippen molar-refractivity contribution in [1.82, 2.24) is 0 Å². The molecule has 0 N–H and O–H groups in total. The van der Waals surface area contributed by atoms with Crippen LogP contribution >= 0.6 is 0 Å². The fraction of sp³-hybridized carbons (Fsp3) is 0.0385. The van der Waals surface area contributed by atoms with Crippen LogP contribution < -0.4 is 0 Å². The molecule has 0 unspecified atom stereocenters. The Labute approximate surface area is 165 Å². The summed E-state index contributed by atoms with van der Waals surface area (Å²) in [5.74, 6) is 0.620. The van der Waals surface area contributed by atoms with E-state index in [4.69, 9.17) is 9.73 Å². The zero-order valence-electron chi connectivity index (χ0n) is 15.5. The molecular formula is C26H21NO. The monoisotopic (exact) mass is 363 g/mol. The minimum atomic E-state index is 0.479. The average molecular weight is 363 g/mol. The summed E-state index contributed by atoms with van der Waals surface area (Å²) in [4.78, 5) is 4.74. The van der Waals surface area contributed by atoms with Crippen molar-refractivity contribution in [1.29, 1.82) is 0 Å². The lowest BCUT2D eigenvalue weighted by Gasteiger charge is -2.11. The molecule has 2 heteroatoms. The third-order valence-electron chi connectivity index (χ3n) is 4.44. The Morgan fingerprint density at radius 3 is 1.75 bits per heavy atom. The highest BCUT2D eigenvalue weighted by Gasteiger charge is 2.07. The zero-order valence-corrected chi connectivity index (χ0v) is 15.5. The van der Waals surface area contributed by atoms with Crippen molar-refractivity contribution < 1.29 is 4.74 Å². The van der Waals surface area contributed by atoms with E-state index >= 15 is 0 Å². The van der Waals surface area contributed by atoms with E-state index in [0.717, 1.165) is 16.8 Å². The lowest BCUT2D eigenvalue weighted by atomic mass is 10.0. The first-order chi connectivity index (χ1) is 13.9. The first kappa shape index (κ1) is 17.7. The second-order valence-corrected chi connectivity index (χ2v) is 6.47. The number of aliphatic imine (C=N–C) groups is 1. The Kier molecular flexibility index (Phi) is 5.60.